The molecule has 0 aliphatic carbocycles. The van der Waals surface area contributed by atoms with Gasteiger partial charge in [0.1, 0.15) is 11.3 Å². The van der Waals surface area contributed by atoms with Crippen molar-refractivity contribution < 1.29 is 14.4 Å². The molecule has 1 atom stereocenters. The van der Waals surface area contributed by atoms with Crippen molar-refractivity contribution in [2.45, 2.75) is 26.3 Å². The standard InChI is InChI=1S/C19H28N4O2/c1-15(2)19(3,14-20)21-18(24)13-22-9-11-23(12-10-22)16-5-7-17(25-4)8-6-16/h5-8,15H,9-13H2,1-4H3,(H,21,24)/p+1/t19-/m1/s1. The summed E-state index contributed by atoms with van der Waals surface area (Å²) in [5.74, 6) is 0.879. The Labute approximate surface area is 150 Å². The number of rotatable bonds is 6. The van der Waals surface area contributed by atoms with Gasteiger partial charge in [0.15, 0.2) is 6.54 Å². The van der Waals surface area contributed by atoms with E-state index in [9.17, 15) is 10.1 Å². The number of nitriles is 1. The van der Waals surface area contributed by atoms with Crippen molar-refractivity contribution in [2.24, 2.45) is 5.92 Å². The first-order valence-electron chi connectivity index (χ1n) is 8.83. The summed E-state index contributed by atoms with van der Waals surface area (Å²) in [6.45, 7) is 9.74. The first-order valence-corrected chi connectivity index (χ1v) is 8.83. The van der Waals surface area contributed by atoms with Crippen molar-refractivity contribution in [3.8, 4) is 11.8 Å². The maximum atomic E-state index is 12.3. The molecule has 1 aromatic carbocycles. The molecule has 25 heavy (non-hydrogen) atoms. The molecule has 1 heterocycles. The number of hydrogen-bond acceptors (Lipinski definition) is 4. The molecule has 2 rings (SSSR count). The summed E-state index contributed by atoms with van der Waals surface area (Å²) in [6, 6.07) is 10.3. The molecular formula is C19H29N4O2+. The van der Waals surface area contributed by atoms with Crippen LogP contribution in [0.3, 0.4) is 0 Å². The van der Waals surface area contributed by atoms with Gasteiger partial charge in [-0.25, -0.2) is 0 Å². The van der Waals surface area contributed by atoms with E-state index in [-0.39, 0.29) is 11.8 Å². The zero-order valence-electron chi connectivity index (χ0n) is 15.6. The summed E-state index contributed by atoms with van der Waals surface area (Å²) in [5, 5.41) is 12.2. The molecule has 6 heteroatoms. The molecule has 0 bridgehead atoms. The fourth-order valence-electron chi connectivity index (χ4n) is 2.91. The summed E-state index contributed by atoms with van der Waals surface area (Å²) in [6.07, 6.45) is 0. The second-order valence-corrected chi connectivity index (χ2v) is 7.13. The van der Waals surface area contributed by atoms with Crippen molar-refractivity contribution >= 4 is 11.6 Å². The van der Waals surface area contributed by atoms with Crippen molar-refractivity contribution in [3.63, 3.8) is 0 Å². The topological polar surface area (TPSA) is 69.8 Å². The van der Waals surface area contributed by atoms with Crippen LogP contribution in [0.2, 0.25) is 0 Å². The number of benzene rings is 1. The van der Waals surface area contributed by atoms with Gasteiger partial charge in [-0.2, -0.15) is 5.26 Å². The summed E-state index contributed by atoms with van der Waals surface area (Å²) in [7, 11) is 1.67. The third-order valence-electron chi connectivity index (χ3n) is 5.10. The Hall–Kier alpha value is -2.26. The lowest BCUT2D eigenvalue weighted by atomic mass is 9.90. The predicted octanol–water partition coefficient (Wildman–Crippen LogP) is 0.455. The van der Waals surface area contributed by atoms with Crippen LogP contribution in [0.1, 0.15) is 20.8 Å². The normalized spacial score (nSPS) is 17.7. The van der Waals surface area contributed by atoms with Gasteiger partial charge in [-0.05, 0) is 37.1 Å². The Morgan fingerprint density at radius 3 is 2.44 bits per heavy atom. The summed E-state index contributed by atoms with van der Waals surface area (Å²) >= 11 is 0. The van der Waals surface area contributed by atoms with Crippen molar-refractivity contribution in [1.29, 1.82) is 5.26 Å². The summed E-state index contributed by atoms with van der Waals surface area (Å²) in [5.41, 5.74) is 0.378. The summed E-state index contributed by atoms with van der Waals surface area (Å²) < 4.78 is 5.19. The Morgan fingerprint density at radius 2 is 1.96 bits per heavy atom. The lowest BCUT2D eigenvalue weighted by Gasteiger charge is -2.34. The average molecular weight is 345 g/mol. The lowest BCUT2D eigenvalue weighted by molar-refractivity contribution is -0.892. The number of anilines is 1. The highest BCUT2D eigenvalue weighted by atomic mass is 16.5. The maximum absolute atomic E-state index is 12.3. The molecule has 0 spiro atoms. The molecule has 0 unspecified atom stereocenters. The highest BCUT2D eigenvalue weighted by molar-refractivity contribution is 5.78. The van der Waals surface area contributed by atoms with Gasteiger partial charge in [0.25, 0.3) is 5.91 Å². The van der Waals surface area contributed by atoms with Crippen LogP contribution >= 0.6 is 0 Å². The Bertz CT molecular complexity index is 615. The molecule has 0 aromatic heterocycles. The minimum absolute atomic E-state index is 0.0503. The fraction of sp³-hybridized carbons (Fsp3) is 0.579. The van der Waals surface area contributed by atoms with Crippen LogP contribution in [0.4, 0.5) is 5.69 Å². The van der Waals surface area contributed by atoms with Gasteiger partial charge in [-0.1, -0.05) is 13.8 Å². The number of quaternary nitrogens is 1. The first-order chi connectivity index (χ1) is 11.9. The van der Waals surface area contributed by atoms with Gasteiger partial charge < -0.3 is 19.9 Å². The number of hydrogen-bond donors (Lipinski definition) is 2. The predicted molar refractivity (Wildman–Crippen MR) is 97.8 cm³/mol. The molecule has 136 valence electrons. The molecule has 0 saturated carbocycles. The van der Waals surface area contributed by atoms with E-state index in [0.717, 1.165) is 31.9 Å². The van der Waals surface area contributed by atoms with Gasteiger partial charge in [0.2, 0.25) is 0 Å². The van der Waals surface area contributed by atoms with E-state index in [1.807, 2.05) is 26.0 Å². The molecule has 1 aromatic rings. The lowest BCUT2D eigenvalue weighted by Crippen LogP contribution is -3.16. The number of amides is 1. The van der Waals surface area contributed by atoms with Crippen LogP contribution in [-0.4, -0.2) is 51.3 Å². The van der Waals surface area contributed by atoms with Crippen LogP contribution < -0.4 is 19.9 Å². The monoisotopic (exact) mass is 345 g/mol. The van der Waals surface area contributed by atoms with Crippen LogP contribution in [0.15, 0.2) is 24.3 Å². The zero-order chi connectivity index (χ0) is 18.4. The maximum Gasteiger partial charge on any atom is 0.276 e. The number of piperazine rings is 1. The van der Waals surface area contributed by atoms with E-state index in [1.165, 1.54) is 10.6 Å². The molecular weight excluding hydrogens is 316 g/mol. The summed E-state index contributed by atoms with van der Waals surface area (Å²) in [4.78, 5) is 15.9. The molecule has 1 amide bonds. The third-order valence-corrected chi connectivity index (χ3v) is 5.10. The van der Waals surface area contributed by atoms with Crippen molar-refractivity contribution in [3.05, 3.63) is 24.3 Å². The van der Waals surface area contributed by atoms with E-state index in [1.54, 1.807) is 14.0 Å². The Morgan fingerprint density at radius 1 is 1.36 bits per heavy atom. The van der Waals surface area contributed by atoms with Crippen LogP contribution in [0.5, 0.6) is 5.75 Å². The number of methoxy groups -OCH3 is 1. The minimum atomic E-state index is -0.804. The van der Waals surface area contributed by atoms with Crippen LogP contribution in [-0.2, 0) is 4.79 Å². The Kier molecular flexibility index (Phi) is 6.27. The van der Waals surface area contributed by atoms with E-state index >= 15 is 0 Å². The molecule has 1 fully saturated rings. The van der Waals surface area contributed by atoms with E-state index in [2.05, 4.69) is 28.4 Å². The van der Waals surface area contributed by atoms with Gasteiger partial charge >= 0.3 is 0 Å². The van der Waals surface area contributed by atoms with Gasteiger partial charge in [-0.15, -0.1) is 0 Å². The quantitative estimate of drug-likeness (QED) is 0.786. The van der Waals surface area contributed by atoms with Crippen molar-refractivity contribution in [2.75, 3.05) is 44.7 Å². The number of carbonyl (C=O) groups excluding carboxylic acids is 1. The highest BCUT2D eigenvalue weighted by Gasteiger charge is 2.31. The number of ether oxygens (including phenoxy) is 1. The highest BCUT2D eigenvalue weighted by Crippen LogP contribution is 2.19. The van der Waals surface area contributed by atoms with Crippen LogP contribution in [0, 0.1) is 17.2 Å². The smallest absolute Gasteiger partial charge is 0.276 e. The van der Waals surface area contributed by atoms with E-state index < -0.39 is 5.54 Å². The molecule has 2 N–H and O–H groups in total. The zero-order valence-corrected chi connectivity index (χ0v) is 15.6. The molecule has 6 nitrogen and oxygen atoms in total. The van der Waals surface area contributed by atoms with E-state index in [4.69, 9.17) is 4.74 Å². The fourth-order valence-corrected chi connectivity index (χ4v) is 2.91. The third kappa shape index (κ3) is 4.86. The van der Waals surface area contributed by atoms with Gasteiger partial charge in [-0.3, -0.25) is 4.79 Å². The second kappa shape index (κ2) is 8.21. The van der Waals surface area contributed by atoms with Gasteiger partial charge in [0.05, 0.1) is 39.4 Å². The molecule has 1 aliphatic rings. The molecule has 1 aliphatic heterocycles. The molecule has 0 radical (unpaired) electrons. The number of nitrogens with zero attached hydrogens (tertiary/aromatic N) is 2. The van der Waals surface area contributed by atoms with Crippen molar-refractivity contribution in [1.82, 2.24) is 5.32 Å². The largest absolute Gasteiger partial charge is 0.497 e. The SMILES string of the molecule is COc1ccc(N2CC[NH+](CC(=O)N[C@](C)(C#N)C(C)C)CC2)cc1. The second-order valence-electron chi connectivity index (χ2n) is 7.13. The average Bonchev–Trinajstić information content (AvgIpc) is 2.62. The molecule has 1 saturated heterocycles. The number of nitrogens with one attached hydrogen (secondary N) is 2. The number of carbonyl (C=O) groups is 1. The Balaban J connectivity index is 1.83. The van der Waals surface area contributed by atoms with Crippen LogP contribution in [0.25, 0.3) is 0 Å². The van der Waals surface area contributed by atoms with E-state index in [0.29, 0.717) is 6.54 Å². The first kappa shape index (κ1) is 19.1. The minimum Gasteiger partial charge on any atom is -0.497 e. The van der Waals surface area contributed by atoms with Gasteiger partial charge in [0, 0.05) is 5.69 Å².